The van der Waals surface area contributed by atoms with Gasteiger partial charge < -0.3 is 15.4 Å². The summed E-state index contributed by atoms with van der Waals surface area (Å²) < 4.78 is 5.34. The van der Waals surface area contributed by atoms with E-state index < -0.39 is 0 Å². The normalized spacial score (nSPS) is 10.0. The number of rotatable bonds is 4. The summed E-state index contributed by atoms with van der Waals surface area (Å²) >= 11 is 0. The second-order valence-corrected chi connectivity index (χ2v) is 3.96. The van der Waals surface area contributed by atoms with Gasteiger partial charge in [0.1, 0.15) is 5.75 Å². The second-order valence-electron chi connectivity index (χ2n) is 3.96. The zero-order chi connectivity index (χ0) is 12.3. The molecule has 0 aromatic heterocycles. The van der Waals surface area contributed by atoms with Gasteiger partial charge in [-0.3, -0.25) is 4.79 Å². The molecule has 0 spiro atoms. The van der Waals surface area contributed by atoms with Crippen molar-refractivity contribution in [3.05, 3.63) is 23.3 Å². The summed E-state index contributed by atoms with van der Waals surface area (Å²) in [6, 6.07) is 4.02. The van der Waals surface area contributed by atoms with E-state index in [1.165, 1.54) is 0 Å². The molecule has 0 atom stereocenters. The predicted octanol–water partition coefficient (Wildman–Crippen LogP) is 1.23. The molecule has 1 aromatic carbocycles. The van der Waals surface area contributed by atoms with Crippen molar-refractivity contribution in [3.63, 3.8) is 0 Å². The minimum atomic E-state index is -0.358. The molecule has 1 rings (SSSR count). The van der Waals surface area contributed by atoms with Crippen LogP contribution in [-0.4, -0.2) is 26.6 Å². The maximum Gasteiger partial charge on any atom is 0.236 e. The summed E-state index contributed by atoms with van der Waals surface area (Å²) in [5.41, 5.74) is 8.24. The summed E-state index contributed by atoms with van der Waals surface area (Å²) in [5.74, 6) is 0.429. The molecule has 1 aromatic rings. The molecular formula is C12H18N2O2. The molecule has 0 unspecified atom stereocenters. The number of nitrogens with zero attached hydrogens (tertiary/aromatic N) is 1. The molecule has 16 heavy (non-hydrogen) atoms. The third-order valence-electron chi connectivity index (χ3n) is 2.41. The molecule has 0 bridgehead atoms. The van der Waals surface area contributed by atoms with Crippen LogP contribution in [0.5, 0.6) is 5.75 Å². The number of likely N-dealkylation sites (N-methyl/N-ethyl adjacent to an activating group) is 1. The smallest absolute Gasteiger partial charge is 0.236 e. The molecule has 0 aliphatic carbocycles. The lowest BCUT2D eigenvalue weighted by Gasteiger charge is -2.22. The Bertz CT molecular complexity index is 402. The van der Waals surface area contributed by atoms with Gasteiger partial charge in [-0.15, -0.1) is 0 Å². The van der Waals surface area contributed by atoms with Crippen molar-refractivity contribution in [1.82, 2.24) is 0 Å². The second kappa shape index (κ2) is 4.88. The van der Waals surface area contributed by atoms with Crippen LogP contribution < -0.4 is 15.4 Å². The number of nitrogens with two attached hydrogens (primary N) is 1. The van der Waals surface area contributed by atoms with Crippen LogP contribution in [0.25, 0.3) is 0 Å². The Balaban J connectivity index is 3.15. The highest BCUT2D eigenvalue weighted by Crippen LogP contribution is 2.32. The van der Waals surface area contributed by atoms with Crippen LogP contribution in [0.15, 0.2) is 12.1 Å². The van der Waals surface area contributed by atoms with Crippen molar-refractivity contribution in [2.24, 2.45) is 5.73 Å². The summed E-state index contributed by atoms with van der Waals surface area (Å²) in [7, 11) is 3.45. The molecule has 0 radical (unpaired) electrons. The van der Waals surface area contributed by atoms with Gasteiger partial charge in [0.05, 0.1) is 19.3 Å². The zero-order valence-electron chi connectivity index (χ0n) is 10.2. The van der Waals surface area contributed by atoms with Crippen molar-refractivity contribution < 1.29 is 9.53 Å². The van der Waals surface area contributed by atoms with Crippen LogP contribution in [0.3, 0.4) is 0 Å². The molecular weight excluding hydrogens is 204 g/mol. The Morgan fingerprint density at radius 2 is 2.06 bits per heavy atom. The highest BCUT2D eigenvalue weighted by Gasteiger charge is 2.12. The number of amides is 1. The van der Waals surface area contributed by atoms with E-state index in [9.17, 15) is 4.79 Å². The van der Waals surface area contributed by atoms with Gasteiger partial charge in [0, 0.05) is 7.05 Å². The number of ether oxygens (including phenoxy) is 1. The maximum atomic E-state index is 10.9. The molecule has 0 aliphatic rings. The number of carbonyl (C=O) groups excluding carboxylic acids is 1. The van der Waals surface area contributed by atoms with Gasteiger partial charge in [-0.25, -0.2) is 0 Å². The van der Waals surface area contributed by atoms with Gasteiger partial charge in [0.15, 0.2) is 0 Å². The molecule has 4 nitrogen and oxygen atoms in total. The summed E-state index contributed by atoms with van der Waals surface area (Å²) in [6.07, 6.45) is 0. The Kier molecular flexibility index (Phi) is 3.77. The Labute approximate surface area is 96.0 Å². The lowest BCUT2D eigenvalue weighted by molar-refractivity contribution is -0.116. The summed E-state index contributed by atoms with van der Waals surface area (Å²) in [4.78, 5) is 12.7. The van der Waals surface area contributed by atoms with E-state index in [0.717, 1.165) is 22.6 Å². The van der Waals surface area contributed by atoms with Crippen LogP contribution >= 0.6 is 0 Å². The zero-order valence-corrected chi connectivity index (χ0v) is 10.2. The Morgan fingerprint density at radius 3 is 2.56 bits per heavy atom. The minimum Gasteiger partial charge on any atom is -0.494 e. The molecule has 0 saturated heterocycles. The van der Waals surface area contributed by atoms with E-state index in [2.05, 4.69) is 0 Å². The van der Waals surface area contributed by atoms with E-state index in [-0.39, 0.29) is 12.5 Å². The monoisotopic (exact) mass is 222 g/mol. The van der Waals surface area contributed by atoms with Crippen LogP contribution in [0.2, 0.25) is 0 Å². The van der Waals surface area contributed by atoms with Gasteiger partial charge in [0.2, 0.25) is 5.91 Å². The van der Waals surface area contributed by atoms with Crippen LogP contribution in [0, 0.1) is 13.8 Å². The van der Waals surface area contributed by atoms with Gasteiger partial charge in [-0.1, -0.05) is 6.07 Å². The van der Waals surface area contributed by atoms with Crippen LogP contribution in [-0.2, 0) is 4.79 Å². The molecule has 2 N–H and O–H groups in total. The SMILES string of the molecule is COc1c(C)cc(C)cc1N(C)CC(N)=O. The largest absolute Gasteiger partial charge is 0.494 e. The van der Waals surface area contributed by atoms with E-state index in [4.69, 9.17) is 10.5 Å². The first-order valence-corrected chi connectivity index (χ1v) is 5.10. The first kappa shape index (κ1) is 12.4. The Morgan fingerprint density at radius 1 is 1.44 bits per heavy atom. The number of benzene rings is 1. The summed E-state index contributed by atoms with van der Waals surface area (Å²) in [5, 5.41) is 0. The van der Waals surface area contributed by atoms with Crippen molar-refractivity contribution in [1.29, 1.82) is 0 Å². The average molecular weight is 222 g/mol. The van der Waals surface area contributed by atoms with Crippen LogP contribution in [0.4, 0.5) is 5.69 Å². The fourth-order valence-corrected chi connectivity index (χ4v) is 1.80. The lowest BCUT2D eigenvalue weighted by Crippen LogP contribution is -2.30. The molecule has 4 heteroatoms. The van der Waals surface area contributed by atoms with Crippen molar-refractivity contribution in [3.8, 4) is 5.75 Å². The van der Waals surface area contributed by atoms with E-state index in [0.29, 0.717) is 0 Å². The van der Waals surface area contributed by atoms with Gasteiger partial charge in [-0.2, -0.15) is 0 Å². The van der Waals surface area contributed by atoms with Gasteiger partial charge >= 0.3 is 0 Å². The average Bonchev–Trinajstić information content (AvgIpc) is 2.15. The van der Waals surface area contributed by atoms with Crippen molar-refractivity contribution in [2.75, 3.05) is 25.6 Å². The fraction of sp³-hybridized carbons (Fsp3) is 0.417. The first-order valence-electron chi connectivity index (χ1n) is 5.10. The number of hydrogen-bond donors (Lipinski definition) is 1. The topological polar surface area (TPSA) is 55.6 Å². The first-order chi connectivity index (χ1) is 7.45. The summed E-state index contributed by atoms with van der Waals surface area (Å²) in [6.45, 7) is 4.17. The number of methoxy groups -OCH3 is 1. The number of aryl methyl sites for hydroxylation is 2. The number of anilines is 1. The third kappa shape index (κ3) is 2.66. The molecule has 0 heterocycles. The molecule has 0 saturated carbocycles. The highest BCUT2D eigenvalue weighted by molar-refractivity contribution is 5.80. The minimum absolute atomic E-state index is 0.180. The predicted molar refractivity (Wildman–Crippen MR) is 64.9 cm³/mol. The molecule has 88 valence electrons. The van der Waals surface area contributed by atoms with E-state index in [1.54, 1.807) is 12.0 Å². The molecule has 0 fully saturated rings. The quantitative estimate of drug-likeness (QED) is 0.833. The number of carbonyl (C=O) groups is 1. The highest BCUT2D eigenvalue weighted by atomic mass is 16.5. The van der Waals surface area contributed by atoms with Gasteiger partial charge in [-0.05, 0) is 31.0 Å². The lowest BCUT2D eigenvalue weighted by atomic mass is 10.1. The van der Waals surface area contributed by atoms with Gasteiger partial charge in [0.25, 0.3) is 0 Å². The fourth-order valence-electron chi connectivity index (χ4n) is 1.80. The molecule has 0 aliphatic heterocycles. The van der Waals surface area contributed by atoms with E-state index >= 15 is 0 Å². The van der Waals surface area contributed by atoms with Crippen molar-refractivity contribution in [2.45, 2.75) is 13.8 Å². The number of primary amides is 1. The number of hydrogen-bond acceptors (Lipinski definition) is 3. The standard InChI is InChI=1S/C12H18N2O2/c1-8-5-9(2)12(16-4)10(6-8)14(3)7-11(13)15/h5-6H,7H2,1-4H3,(H2,13,15). The van der Waals surface area contributed by atoms with Crippen molar-refractivity contribution >= 4 is 11.6 Å². The Hall–Kier alpha value is -1.71. The molecule has 1 amide bonds. The maximum absolute atomic E-state index is 10.9. The third-order valence-corrected chi connectivity index (χ3v) is 2.41. The van der Waals surface area contributed by atoms with Crippen LogP contribution in [0.1, 0.15) is 11.1 Å². The van der Waals surface area contributed by atoms with E-state index in [1.807, 2.05) is 33.0 Å².